The number of nitrogens with one attached hydrogen (secondary N) is 1. The molecule has 2 heterocycles. The van der Waals surface area contributed by atoms with Gasteiger partial charge >= 0.3 is 11.9 Å². The number of carboxylic acid groups (broad SMARTS) is 1. The van der Waals surface area contributed by atoms with Gasteiger partial charge in [0.15, 0.2) is 0 Å². The number of carbonyl (C=O) groups excluding carboxylic acids is 1. The first kappa shape index (κ1) is 16.6. The van der Waals surface area contributed by atoms with Crippen LogP contribution in [0.3, 0.4) is 0 Å². The number of nitrogens with two attached hydrogens (primary N) is 1. The number of hydrogen-bond donors (Lipinski definition) is 3. The van der Waals surface area contributed by atoms with Crippen LogP contribution in [0.25, 0.3) is 0 Å². The van der Waals surface area contributed by atoms with Crippen molar-refractivity contribution in [3.8, 4) is 0 Å². The Morgan fingerprint density at radius 3 is 2.70 bits per heavy atom. The van der Waals surface area contributed by atoms with Crippen LogP contribution in [-0.4, -0.2) is 44.3 Å². The van der Waals surface area contributed by atoms with Crippen molar-refractivity contribution in [3.05, 3.63) is 35.9 Å². The molecule has 8 heteroatoms. The van der Waals surface area contributed by atoms with Crippen LogP contribution in [-0.2, 0) is 20.9 Å². The van der Waals surface area contributed by atoms with Gasteiger partial charge in [-0.1, -0.05) is 30.3 Å². The molecule has 3 rings (SSSR count). The largest absolute Gasteiger partial charge is 0.481 e. The minimum Gasteiger partial charge on any atom is -0.481 e. The van der Waals surface area contributed by atoms with E-state index in [4.69, 9.17) is 15.6 Å². The van der Waals surface area contributed by atoms with E-state index in [-0.39, 0.29) is 29.7 Å². The van der Waals surface area contributed by atoms with E-state index < -0.39 is 16.8 Å². The number of esters is 1. The predicted octanol–water partition coefficient (Wildman–Crippen LogP) is 1.01. The van der Waals surface area contributed by atoms with Crippen LogP contribution in [0.15, 0.2) is 30.3 Å². The number of carbonyl (C=O) groups is 2. The highest BCUT2D eigenvalue weighted by Gasteiger charge is 2.61. The Bertz CT molecular complexity index is 600. The number of thioether (sulfide) groups is 2. The molecule has 23 heavy (non-hydrogen) atoms. The summed E-state index contributed by atoms with van der Waals surface area (Å²) in [5.41, 5.74) is 7.01. The molecule has 2 fully saturated rings. The van der Waals surface area contributed by atoms with Crippen LogP contribution in [0.2, 0.25) is 0 Å². The van der Waals surface area contributed by atoms with Crippen molar-refractivity contribution in [1.29, 1.82) is 0 Å². The molecule has 124 valence electrons. The molecular weight excluding hydrogens is 336 g/mol. The van der Waals surface area contributed by atoms with Gasteiger partial charge in [0.2, 0.25) is 0 Å². The minimum absolute atomic E-state index is 0.0493. The molecule has 1 aromatic rings. The lowest BCUT2D eigenvalue weighted by Crippen LogP contribution is -2.64. The van der Waals surface area contributed by atoms with Crippen molar-refractivity contribution < 1.29 is 19.4 Å². The van der Waals surface area contributed by atoms with Gasteiger partial charge in [0.1, 0.15) is 12.6 Å². The second-order valence-corrected chi connectivity index (χ2v) is 8.28. The maximum Gasteiger partial charge on any atom is 0.325 e. The van der Waals surface area contributed by atoms with E-state index in [1.807, 2.05) is 30.3 Å². The summed E-state index contributed by atoms with van der Waals surface area (Å²) in [6.07, 6.45) is -0.0493. The Balaban J connectivity index is 1.66. The zero-order chi connectivity index (χ0) is 16.4. The lowest BCUT2D eigenvalue weighted by Gasteiger charge is -2.45. The van der Waals surface area contributed by atoms with Gasteiger partial charge in [-0.2, -0.15) is 0 Å². The molecule has 0 saturated carbocycles. The average molecular weight is 354 g/mol. The zero-order valence-corrected chi connectivity index (χ0v) is 13.9. The molecule has 2 saturated heterocycles. The number of carboxylic acids is 1. The molecule has 2 aliphatic rings. The second-order valence-electron chi connectivity index (χ2n) is 5.58. The summed E-state index contributed by atoms with van der Waals surface area (Å²) in [5, 5.41) is 11.5. The first-order chi connectivity index (χ1) is 11.0. The van der Waals surface area contributed by atoms with E-state index in [2.05, 4.69) is 5.32 Å². The Labute approximate surface area is 142 Å². The topological polar surface area (TPSA) is 102 Å². The number of rotatable bonds is 5. The van der Waals surface area contributed by atoms with Gasteiger partial charge < -0.3 is 15.6 Å². The normalized spacial score (nSPS) is 32.5. The fourth-order valence-electron chi connectivity index (χ4n) is 2.73. The van der Waals surface area contributed by atoms with E-state index in [1.165, 1.54) is 11.8 Å². The molecule has 0 radical (unpaired) electrons. The van der Waals surface area contributed by atoms with Crippen LogP contribution in [0, 0.1) is 0 Å². The van der Waals surface area contributed by atoms with Gasteiger partial charge in [0.25, 0.3) is 0 Å². The Hall–Kier alpha value is -1.22. The second kappa shape index (κ2) is 6.72. The molecular formula is C15H18N2O4S2. The quantitative estimate of drug-likeness (QED) is 0.674. The third-order valence-corrected chi connectivity index (χ3v) is 7.41. The fourth-order valence-corrected chi connectivity index (χ4v) is 5.96. The van der Waals surface area contributed by atoms with Crippen LogP contribution in [0.5, 0.6) is 0 Å². The lowest BCUT2D eigenvalue weighted by atomic mass is 9.99. The monoisotopic (exact) mass is 354 g/mol. The van der Waals surface area contributed by atoms with E-state index in [9.17, 15) is 9.59 Å². The van der Waals surface area contributed by atoms with Crippen molar-refractivity contribution in [2.75, 3.05) is 5.75 Å². The molecule has 1 spiro atoms. The van der Waals surface area contributed by atoms with Crippen LogP contribution in [0.4, 0.5) is 0 Å². The molecule has 0 bridgehead atoms. The molecule has 0 aliphatic carbocycles. The summed E-state index contributed by atoms with van der Waals surface area (Å²) in [4.78, 5) is 23.4. The third kappa shape index (κ3) is 3.35. The minimum atomic E-state index is -0.899. The van der Waals surface area contributed by atoms with Crippen molar-refractivity contribution in [1.82, 2.24) is 5.32 Å². The summed E-state index contributed by atoms with van der Waals surface area (Å²) in [6, 6.07) is 8.87. The maximum atomic E-state index is 12.5. The summed E-state index contributed by atoms with van der Waals surface area (Å²) >= 11 is 3.03. The highest BCUT2D eigenvalue weighted by Crippen LogP contribution is 2.53. The van der Waals surface area contributed by atoms with Crippen molar-refractivity contribution in [2.45, 2.75) is 34.6 Å². The molecule has 6 nitrogen and oxygen atoms in total. The summed E-state index contributed by atoms with van der Waals surface area (Å²) in [6.45, 7) is 0.199. The van der Waals surface area contributed by atoms with Gasteiger partial charge in [-0.15, -0.1) is 23.5 Å². The van der Waals surface area contributed by atoms with Gasteiger partial charge in [-0.3, -0.25) is 14.9 Å². The summed E-state index contributed by atoms with van der Waals surface area (Å²) in [5.74, 6) is -0.554. The lowest BCUT2D eigenvalue weighted by molar-refractivity contribution is -0.148. The molecule has 1 aromatic carbocycles. The van der Waals surface area contributed by atoms with Gasteiger partial charge in [0.05, 0.1) is 21.9 Å². The standard InChI is InChI=1S/C15H18N2O4S2/c16-14-15(8-22-14)12(17-10(23-15)6-11(18)19)13(20)21-7-9-4-2-1-3-5-9/h1-5,10,12,14,17H,6-8,16H2,(H,18,19). The van der Waals surface area contributed by atoms with E-state index >= 15 is 0 Å². The molecule has 4 N–H and O–H groups in total. The molecule has 4 unspecified atom stereocenters. The third-order valence-electron chi connectivity index (χ3n) is 3.99. The molecule has 0 amide bonds. The average Bonchev–Trinajstić information content (AvgIpc) is 2.93. The van der Waals surface area contributed by atoms with Crippen molar-refractivity contribution in [2.24, 2.45) is 5.73 Å². The summed E-state index contributed by atoms with van der Waals surface area (Å²) < 4.78 is 4.94. The van der Waals surface area contributed by atoms with Crippen molar-refractivity contribution in [3.63, 3.8) is 0 Å². The number of hydrogen-bond acceptors (Lipinski definition) is 7. The van der Waals surface area contributed by atoms with Crippen LogP contribution < -0.4 is 11.1 Å². The van der Waals surface area contributed by atoms with E-state index in [0.717, 1.165) is 5.56 Å². The van der Waals surface area contributed by atoms with Crippen LogP contribution >= 0.6 is 23.5 Å². The fraction of sp³-hybridized carbons (Fsp3) is 0.467. The first-order valence-corrected chi connectivity index (χ1v) is 9.17. The number of ether oxygens (including phenoxy) is 1. The smallest absolute Gasteiger partial charge is 0.325 e. The predicted molar refractivity (Wildman–Crippen MR) is 90.0 cm³/mol. The zero-order valence-electron chi connectivity index (χ0n) is 12.3. The Morgan fingerprint density at radius 1 is 1.39 bits per heavy atom. The SMILES string of the molecule is NC1SCC12SC(CC(=O)O)NC2C(=O)OCc1ccccc1. The first-order valence-electron chi connectivity index (χ1n) is 7.25. The van der Waals surface area contributed by atoms with Crippen LogP contribution in [0.1, 0.15) is 12.0 Å². The Morgan fingerprint density at radius 2 is 2.13 bits per heavy atom. The molecule has 4 atom stereocenters. The number of benzene rings is 1. The Kier molecular flexibility index (Phi) is 4.86. The van der Waals surface area contributed by atoms with Gasteiger partial charge in [-0.05, 0) is 5.56 Å². The highest BCUT2D eigenvalue weighted by atomic mass is 32.2. The van der Waals surface area contributed by atoms with E-state index in [0.29, 0.717) is 5.75 Å². The number of aliphatic carboxylic acids is 1. The molecule has 2 aliphatic heterocycles. The maximum absolute atomic E-state index is 12.5. The van der Waals surface area contributed by atoms with Crippen molar-refractivity contribution >= 4 is 35.5 Å². The molecule has 0 aromatic heterocycles. The highest BCUT2D eigenvalue weighted by molar-refractivity contribution is 8.09. The van der Waals surface area contributed by atoms with Gasteiger partial charge in [-0.25, -0.2) is 0 Å². The van der Waals surface area contributed by atoms with Gasteiger partial charge in [0, 0.05) is 5.75 Å². The summed E-state index contributed by atoms with van der Waals surface area (Å²) in [7, 11) is 0. The van der Waals surface area contributed by atoms with E-state index in [1.54, 1.807) is 11.8 Å².